The smallest absolute Gasteiger partial charge is 0.256 e. The Hall–Kier alpha value is -1.27. The fraction of sp³-hybridized carbons (Fsp3) is 0. The summed E-state index contributed by atoms with van der Waals surface area (Å²) in [6.07, 6.45) is 3.14. The molecule has 1 aromatic carbocycles. The van der Waals surface area contributed by atoms with Crippen molar-refractivity contribution in [2.45, 2.75) is 0 Å². The second-order valence-corrected chi connectivity index (χ2v) is 5.24. The van der Waals surface area contributed by atoms with E-state index in [1.54, 1.807) is 12.3 Å². The summed E-state index contributed by atoms with van der Waals surface area (Å²) in [4.78, 5) is 15.9. The highest BCUT2D eigenvalue weighted by molar-refractivity contribution is 9.10. The van der Waals surface area contributed by atoms with E-state index in [1.807, 2.05) is 0 Å². The van der Waals surface area contributed by atoms with Gasteiger partial charge in [-0.15, -0.1) is 0 Å². The molecule has 0 fully saturated rings. The van der Waals surface area contributed by atoms with Crippen LogP contribution in [0, 0.1) is 5.82 Å². The Bertz CT molecular complexity index is 604. The number of amides is 1. The first kappa shape index (κ1) is 13.2. The van der Waals surface area contributed by atoms with E-state index in [0.29, 0.717) is 15.7 Å². The number of nitrogens with one attached hydrogen (secondary N) is 1. The summed E-state index contributed by atoms with van der Waals surface area (Å²) in [6, 6.07) is 5.62. The number of aromatic nitrogens is 1. The van der Waals surface area contributed by atoms with E-state index in [4.69, 9.17) is 0 Å². The molecule has 6 heteroatoms. The standard InChI is InChI=1S/C12H7Br2FN2O/c13-7-3-9(6-16-5-7)17-12(18)10-2-1-8(15)4-11(10)14/h1-6H,(H,17,18). The number of benzene rings is 1. The van der Waals surface area contributed by atoms with E-state index in [9.17, 15) is 9.18 Å². The summed E-state index contributed by atoms with van der Waals surface area (Å²) < 4.78 is 14.1. The molecule has 0 radical (unpaired) electrons. The van der Waals surface area contributed by atoms with Crippen LogP contribution in [0.25, 0.3) is 0 Å². The Morgan fingerprint density at radius 3 is 2.67 bits per heavy atom. The lowest BCUT2D eigenvalue weighted by Crippen LogP contribution is -2.12. The van der Waals surface area contributed by atoms with Crippen LogP contribution in [0.5, 0.6) is 0 Å². The molecule has 2 rings (SSSR count). The van der Waals surface area contributed by atoms with E-state index in [1.165, 1.54) is 24.4 Å². The van der Waals surface area contributed by atoms with Gasteiger partial charge in [0.15, 0.2) is 0 Å². The molecular weight excluding hydrogens is 367 g/mol. The third kappa shape index (κ3) is 3.14. The summed E-state index contributed by atoms with van der Waals surface area (Å²) in [7, 11) is 0. The van der Waals surface area contributed by atoms with Gasteiger partial charge in [0.25, 0.3) is 5.91 Å². The van der Waals surface area contributed by atoms with E-state index in [-0.39, 0.29) is 5.91 Å². The maximum absolute atomic E-state index is 12.9. The molecule has 0 aliphatic heterocycles. The van der Waals surface area contributed by atoms with Crippen LogP contribution in [0.3, 0.4) is 0 Å². The van der Waals surface area contributed by atoms with Gasteiger partial charge >= 0.3 is 0 Å². The minimum Gasteiger partial charge on any atom is -0.321 e. The molecule has 1 N–H and O–H groups in total. The first-order valence-electron chi connectivity index (χ1n) is 4.93. The molecule has 0 saturated heterocycles. The SMILES string of the molecule is O=C(Nc1cncc(Br)c1)c1ccc(F)cc1Br. The van der Waals surface area contributed by atoms with Gasteiger partial charge in [-0.3, -0.25) is 9.78 Å². The lowest BCUT2D eigenvalue weighted by molar-refractivity contribution is 0.102. The monoisotopic (exact) mass is 372 g/mol. The average molecular weight is 374 g/mol. The van der Waals surface area contributed by atoms with Crippen molar-refractivity contribution in [2.75, 3.05) is 5.32 Å². The van der Waals surface area contributed by atoms with Crippen LogP contribution in [0.15, 0.2) is 45.6 Å². The van der Waals surface area contributed by atoms with Crippen LogP contribution in [0.4, 0.5) is 10.1 Å². The van der Waals surface area contributed by atoms with Gasteiger partial charge in [0.2, 0.25) is 0 Å². The summed E-state index contributed by atoms with van der Waals surface area (Å²) in [6.45, 7) is 0. The van der Waals surface area contributed by atoms with Gasteiger partial charge < -0.3 is 5.32 Å². The lowest BCUT2D eigenvalue weighted by atomic mass is 10.2. The Labute approximate surface area is 120 Å². The fourth-order valence-electron chi connectivity index (χ4n) is 1.35. The number of hydrogen-bond donors (Lipinski definition) is 1. The van der Waals surface area contributed by atoms with Crippen LogP contribution >= 0.6 is 31.9 Å². The molecule has 2 aromatic rings. The molecular formula is C12H7Br2FN2O. The predicted octanol–water partition coefficient (Wildman–Crippen LogP) is 4.00. The number of halogens is 3. The Morgan fingerprint density at radius 2 is 2.00 bits per heavy atom. The Balaban J connectivity index is 2.22. The van der Waals surface area contributed by atoms with E-state index >= 15 is 0 Å². The molecule has 0 aliphatic carbocycles. The van der Waals surface area contributed by atoms with Crippen molar-refractivity contribution in [3.05, 3.63) is 57.0 Å². The average Bonchev–Trinajstić information content (AvgIpc) is 2.28. The van der Waals surface area contributed by atoms with Crippen LogP contribution in [0.1, 0.15) is 10.4 Å². The second kappa shape index (κ2) is 5.58. The second-order valence-electron chi connectivity index (χ2n) is 3.47. The normalized spacial score (nSPS) is 10.2. The van der Waals surface area contributed by atoms with Crippen LogP contribution in [-0.2, 0) is 0 Å². The van der Waals surface area contributed by atoms with Gasteiger partial charge in [-0.05, 0) is 56.1 Å². The van der Waals surface area contributed by atoms with Gasteiger partial charge in [-0.2, -0.15) is 0 Å². The highest BCUT2D eigenvalue weighted by atomic mass is 79.9. The summed E-state index contributed by atoms with van der Waals surface area (Å²) in [5.41, 5.74) is 0.918. The molecule has 1 amide bonds. The molecule has 0 unspecified atom stereocenters. The summed E-state index contributed by atoms with van der Waals surface area (Å²) in [5, 5.41) is 2.68. The van der Waals surface area contributed by atoms with E-state index in [2.05, 4.69) is 42.2 Å². The van der Waals surface area contributed by atoms with Crippen molar-refractivity contribution in [1.82, 2.24) is 4.98 Å². The molecule has 92 valence electrons. The van der Waals surface area contributed by atoms with Crippen molar-refractivity contribution in [1.29, 1.82) is 0 Å². The molecule has 3 nitrogen and oxygen atoms in total. The molecule has 0 bridgehead atoms. The zero-order valence-corrected chi connectivity index (χ0v) is 12.1. The third-order valence-electron chi connectivity index (χ3n) is 2.14. The molecule has 0 saturated carbocycles. The van der Waals surface area contributed by atoms with Crippen LogP contribution < -0.4 is 5.32 Å². The minimum atomic E-state index is -0.400. The van der Waals surface area contributed by atoms with Crippen LogP contribution in [-0.4, -0.2) is 10.9 Å². The highest BCUT2D eigenvalue weighted by Gasteiger charge is 2.11. The zero-order chi connectivity index (χ0) is 13.1. The first-order chi connectivity index (χ1) is 8.56. The molecule has 0 aliphatic rings. The highest BCUT2D eigenvalue weighted by Crippen LogP contribution is 2.20. The van der Waals surface area contributed by atoms with Gasteiger partial charge in [-0.1, -0.05) is 0 Å². The van der Waals surface area contributed by atoms with Crippen molar-refractivity contribution in [3.8, 4) is 0 Å². The fourth-order valence-corrected chi connectivity index (χ4v) is 2.25. The lowest BCUT2D eigenvalue weighted by Gasteiger charge is -2.06. The predicted molar refractivity (Wildman–Crippen MR) is 74.0 cm³/mol. The molecule has 1 heterocycles. The number of hydrogen-bond acceptors (Lipinski definition) is 2. The van der Waals surface area contributed by atoms with Crippen molar-refractivity contribution in [3.63, 3.8) is 0 Å². The zero-order valence-electron chi connectivity index (χ0n) is 8.95. The van der Waals surface area contributed by atoms with Gasteiger partial charge in [0.05, 0.1) is 17.4 Å². The van der Waals surface area contributed by atoms with E-state index in [0.717, 1.165) is 4.47 Å². The molecule has 0 atom stereocenters. The maximum Gasteiger partial charge on any atom is 0.256 e. The van der Waals surface area contributed by atoms with Crippen molar-refractivity contribution >= 4 is 43.5 Å². The van der Waals surface area contributed by atoms with Gasteiger partial charge in [0, 0.05) is 15.1 Å². The Morgan fingerprint density at radius 1 is 1.22 bits per heavy atom. The topological polar surface area (TPSA) is 42.0 Å². The first-order valence-corrected chi connectivity index (χ1v) is 6.52. The van der Waals surface area contributed by atoms with Crippen molar-refractivity contribution < 1.29 is 9.18 Å². The number of pyridine rings is 1. The third-order valence-corrected chi connectivity index (χ3v) is 3.23. The minimum absolute atomic E-state index is 0.332. The number of carbonyl (C=O) groups is 1. The van der Waals surface area contributed by atoms with Gasteiger partial charge in [0.1, 0.15) is 5.82 Å². The number of carbonyl (C=O) groups excluding carboxylic acids is 1. The Kier molecular flexibility index (Phi) is 4.08. The van der Waals surface area contributed by atoms with E-state index < -0.39 is 5.82 Å². The number of rotatable bonds is 2. The van der Waals surface area contributed by atoms with Gasteiger partial charge in [-0.25, -0.2) is 4.39 Å². The summed E-state index contributed by atoms with van der Waals surface area (Å²) in [5.74, 6) is -0.732. The van der Waals surface area contributed by atoms with Crippen molar-refractivity contribution in [2.24, 2.45) is 0 Å². The largest absolute Gasteiger partial charge is 0.321 e. The summed E-state index contributed by atoms with van der Waals surface area (Å²) >= 11 is 6.41. The molecule has 0 spiro atoms. The molecule has 1 aromatic heterocycles. The quantitative estimate of drug-likeness (QED) is 0.864. The maximum atomic E-state index is 12.9. The van der Waals surface area contributed by atoms with Crippen LogP contribution in [0.2, 0.25) is 0 Å². The number of anilines is 1. The number of nitrogens with zero attached hydrogens (tertiary/aromatic N) is 1. The molecule has 18 heavy (non-hydrogen) atoms.